The van der Waals surface area contributed by atoms with Gasteiger partial charge in [0.15, 0.2) is 11.6 Å². The maximum Gasteiger partial charge on any atom is 0.303 e. The fourth-order valence-electron chi connectivity index (χ4n) is 13.7. The molecule has 0 fully saturated rings. The molecule has 30 nitrogen and oxygen atoms in total. The molecule has 0 spiro atoms. The maximum atomic E-state index is 15.4. The largest absolute Gasteiger partial charge is 0.481 e. The van der Waals surface area contributed by atoms with Crippen LogP contribution in [0.5, 0.6) is 0 Å². The van der Waals surface area contributed by atoms with Crippen molar-refractivity contribution in [1.29, 1.82) is 0 Å². The second-order valence-corrected chi connectivity index (χ2v) is 31.7. The number of nitrogens with zero attached hydrogens (tertiary/aromatic N) is 5. The van der Waals surface area contributed by atoms with E-state index in [1.165, 1.54) is 38.3 Å². The Morgan fingerprint density at radius 3 is 0.723 bits per heavy atom. The van der Waals surface area contributed by atoms with E-state index in [0.29, 0.717) is 135 Å². The number of carbonyl (C=O) groups is 16. The summed E-state index contributed by atoms with van der Waals surface area (Å²) in [5, 5.41) is 64.4. The molecule has 112 heavy (non-hydrogen) atoms. The van der Waals surface area contributed by atoms with Gasteiger partial charge in [-0.25, -0.2) is 0 Å². The van der Waals surface area contributed by atoms with Crippen molar-refractivity contribution < 1.29 is 107 Å². The summed E-state index contributed by atoms with van der Waals surface area (Å²) in [4.78, 5) is 219. The van der Waals surface area contributed by atoms with Crippen LogP contribution in [0.3, 0.4) is 0 Å². The summed E-state index contributed by atoms with van der Waals surface area (Å²) < 4.78 is 0. The van der Waals surface area contributed by atoms with E-state index in [-0.39, 0.29) is 215 Å². The lowest BCUT2D eigenvalue weighted by Gasteiger charge is -2.34. The number of ketones is 2. The molecular formula is C82H142N8O22. The summed E-state index contributed by atoms with van der Waals surface area (Å²) in [5.74, 6) is -10.3. The molecule has 0 saturated heterocycles. The number of carboxylic acids is 6. The number of Topliss-reactive ketones (excluding diaryl/α,β-unsaturated/α-hetero) is 2. The van der Waals surface area contributed by atoms with Crippen molar-refractivity contribution in [3.8, 4) is 0 Å². The Kier molecular flexibility index (Phi) is 57.0. The second-order valence-electron chi connectivity index (χ2n) is 31.7. The lowest BCUT2D eigenvalue weighted by Crippen LogP contribution is -2.51. The summed E-state index contributed by atoms with van der Waals surface area (Å²) >= 11 is 0. The predicted octanol–water partition coefficient (Wildman–Crippen LogP) is 10.8. The highest BCUT2D eigenvalue weighted by molar-refractivity contribution is 5.92. The number of hydrogen-bond donors (Lipinski definition) is 9. The molecule has 0 radical (unpaired) electrons. The van der Waals surface area contributed by atoms with Crippen molar-refractivity contribution in [3.05, 3.63) is 0 Å². The van der Waals surface area contributed by atoms with Crippen molar-refractivity contribution in [2.75, 3.05) is 52.4 Å². The highest BCUT2D eigenvalue weighted by Crippen LogP contribution is 2.25. The van der Waals surface area contributed by atoms with Gasteiger partial charge >= 0.3 is 35.8 Å². The van der Waals surface area contributed by atoms with Gasteiger partial charge in [0.2, 0.25) is 47.3 Å². The molecule has 9 N–H and O–H groups in total. The zero-order chi connectivity index (χ0) is 84.7. The lowest BCUT2D eigenvalue weighted by molar-refractivity contribution is -0.143. The molecule has 5 atom stereocenters. The molecule has 0 bridgehead atoms. The van der Waals surface area contributed by atoms with Gasteiger partial charge in [0.05, 0.1) is 12.1 Å². The first-order valence-corrected chi connectivity index (χ1v) is 41.5. The molecule has 8 amide bonds. The van der Waals surface area contributed by atoms with E-state index < -0.39 is 101 Å². The van der Waals surface area contributed by atoms with Crippen LogP contribution in [0.1, 0.15) is 320 Å². The molecule has 0 aromatic carbocycles. The molecule has 0 rings (SSSR count). The topological polar surface area (TPSA) is 447 Å². The normalized spacial score (nSPS) is 12.7. The molecule has 0 aromatic heterocycles. The van der Waals surface area contributed by atoms with Crippen molar-refractivity contribution in [1.82, 2.24) is 40.4 Å². The summed E-state index contributed by atoms with van der Waals surface area (Å²) in [5.41, 5.74) is 0. The van der Waals surface area contributed by atoms with Gasteiger partial charge in [-0.05, 0) is 172 Å². The van der Waals surface area contributed by atoms with E-state index in [1.807, 2.05) is 55.4 Å². The quantitative estimate of drug-likeness (QED) is 0.0255. The zero-order valence-electron chi connectivity index (χ0n) is 69.4. The average Bonchev–Trinajstić information content (AvgIpc) is 0.862. The minimum atomic E-state index is -1.36. The first-order valence-electron chi connectivity index (χ1n) is 41.5. The third kappa shape index (κ3) is 50.1. The summed E-state index contributed by atoms with van der Waals surface area (Å²) in [6, 6.07) is -4.88. The third-order valence-electron chi connectivity index (χ3n) is 19.6. The molecular weight excluding hydrogens is 1450 g/mol. The van der Waals surface area contributed by atoms with Crippen LogP contribution < -0.4 is 16.0 Å². The smallest absolute Gasteiger partial charge is 0.303 e. The molecule has 0 heterocycles. The van der Waals surface area contributed by atoms with E-state index in [0.717, 1.165) is 0 Å². The Bertz CT molecular complexity index is 2890. The number of hydrogen-bond acceptors (Lipinski definition) is 16. The molecule has 0 aliphatic carbocycles. The number of amides is 8. The molecule has 642 valence electrons. The molecule has 5 unspecified atom stereocenters. The minimum Gasteiger partial charge on any atom is -0.481 e. The van der Waals surface area contributed by atoms with Gasteiger partial charge in [-0.2, -0.15) is 0 Å². The Labute approximate surface area is 665 Å². The van der Waals surface area contributed by atoms with Crippen LogP contribution in [0.4, 0.5) is 0 Å². The van der Waals surface area contributed by atoms with Crippen LogP contribution in [-0.4, -0.2) is 232 Å². The van der Waals surface area contributed by atoms with Gasteiger partial charge in [-0.3, -0.25) is 76.7 Å². The maximum absolute atomic E-state index is 15.4. The number of unbranched alkanes of at least 4 members (excludes halogenated alkanes) is 14. The van der Waals surface area contributed by atoms with Crippen molar-refractivity contribution in [2.45, 2.75) is 350 Å². The van der Waals surface area contributed by atoms with Gasteiger partial charge in [0.25, 0.3) is 0 Å². The first-order chi connectivity index (χ1) is 52.9. The van der Waals surface area contributed by atoms with Crippen LogP contribution in [0, 0.1) is 23.7 Å². The number of nitrogens with one attached hydrogen (secondary N) is 3. The summed E-state index contributed by atoms with van der Waals surface area (Å²) in [6.45, 7) is 18.6. The second kappa shape index (κ2) is 61.4. The summed E-state index contributed by atoms with van der Waals surface area (Å²) in [7, 11) is 0. The Morgan fingerprint density at radius 2 is 0.446 bits per heavy atom. The number of rotatable bonds is 71. The van der Waals surface area contributed by atoms with E-state index in [2.05, 4.69) is 16.0 Å². The fraction of sp³-hybridized carbons (Fsp3) is 0.805. The highest BCUT2D eigenvalue weighted by atomic mass is 16.4. The van der Waals surface area contributed by atoms with Crippen LogP contribution in [-0.2, 0) is 76.7 Å². The number of carbonyl (C=O) groups excluding carboxylic acids is 10. The zero-order valence-corrected chi connectivity index (χ0v) is 69.4. The molecule has 0 aromatic rings. The Hall–Kier alpha value is -8.08. The van der Waals surface area contributed by atoms with Gasteiger partial charge in [-0.15, -0.1) is 0 Å². The van der Waals surface area contributed by atoms with Gasteiger partial charge in [0, 0.05) is 123 Å². The highest BCUT2D eigenvalue weighted by Gasteiger charge is 2.36. The number of carboxylic acid groups (broad SMARTS) is 6. The fourth-order valence-corrected chi connectivity index (χ4v) is 13.7. The van der Waals surface area contributed by atoms with Crippen LogP contribution in [0.15, 0.2) is 0 Å². The Balaban J connectivity index is 8.16. The molecule has 0 saturated carbocycles. The van der Waals surface area contributed by atoms with Crippen LogP contribution >= 0.6 is 0 Å². The van der Waals surface area contributed by atoms with Crippen molar-refractivity contribution in [3.63, 3.8) is 0 Å². The lowest BCUT2D eigenvalue weighted by atomic mass is 9.97. The average molecular weight is 1590 g/mol. The van der Waals surface area contributed by atoms with E-state index in [9.17, 15) is 87.5 Å². The van der Waals surface area contributed by atoms with E-state index >= 15 is 9.59 Å². The minimum absolute atomic E-state index is 0.0107. The van der Waals surface area contributed by atoms with Crippen molar-refractivity contribution >= 4 is 94.6 Å². The molecule has 0 aliphatic heterocycles. The number of aliphatic carboxylic acids is 6. The van der Waals surface area contributed by atoms with Gasteiger partial charge in [0.1, 0.15) is 18.1 Å². The van der Waals surface area contributed by atoms with Gasteiger partial charge in [-0.1, -0.05) is 100 Å². The SMILES string of the molecule is CC(=O)C(CC(C)C)N(CCCCCC(=O)O)C(=O)CCCC(C(=O)NCCC(=O)N(CCCCCC(=O)O)C(CC(C)C)C(C)=O)N(CCCCCC(=O)N(CCCCCC(=O)O)C(CC(C)C)C(=O)NCCCCCC(=O)O)C(=O)CCCC(=O)N(CCCCCC(=O)O)C(CC(C)C)C(=O)NCCCCCC(=O)O. The Morgan fingerprint density at radius 1 is 0.232 bits per heavy atom. The summed E-state index contributed by atoms with van der Waals surface area (Å²) in [6.07, 6.45) is 7.56. The molecule has 0 aliphatic rings. The van der Waals surface area contributed by atoms with E-state index in [4.69, 9.17) is 10.2 Å². The van der Waals surface area contributed by atoms with Crippen LogP contribution in [0.2, 0.25) is 0 Å². The van der Waals surface area contributed by atoms with Crippen molar-refractivity contribution in [2.24, 2.45) is 23.7 Å². The third-order valence-corrected chi connectivity index (χ3v) is 19.6. The molecule has 30 heteroatoms. The first kappa shape index (κ1) is 104. The predicted molar refractivity (Wildman–Crippen MR) is 423 cm³/mol. The standard InChI is InChI=1S/C82H142N8O22/c1-58(2)54-65(62(9)91)87(50-28-14-21-41-76(102)103)71(95)36-32-34-64(80(110)85-48-45-73(97)88(51-29-15-22-42-77(104)105)66(63(10)92)55-59(3)4)86(49-27-13-18-35-69(93)89(52-30-16-23-43-78(106)107)67(56-60(5)6)81(111)83-46-25-11-19-39-74(98)99)70(94)37-33-38-72(96)90(53-31-17-24-44-79(108)109)68(57-61(7)8)82(112)84-47-26-12-20-40-75(100)101/h58-61,64-68H,11-57H2,1-10H3,(H,83,111)(H,84,112)(H,85,110)(H,98,99)(H,100,101)(H,102,103)(H,104,105)(H,106,107)(H,108,109). The van der Waals surface area contributed by atoms with Gasteiger partial charge < -0.3 is 71.1 Å². The van der Waals surface area contributed by atoms with Crippen LogP contribution in [0.25, 0.3) is 0 Å². The monoisotopic (exact) mass is 1590 g/mol. The van der Waals surface area contributed by atoms with E-state index in [1.54, 1.807) is 0 Å².